The molecule has 0 aromatic carbocycles. The molecule has 4 aliphatic carbocycles. The maximum absolute atomic E-state index is 12.5. The summed E-state index contributed by atoms with van der Waals surface area (Å²) in [4.78, 5) is 24.7. The Labute approximate surface area is 141 Å². The summed E-state index contributed by atoms with van der Waals surface area (Å²) in [7, 11) is 0. The first-order chi connectivity index (χ1) is 11.4. The van der Waals surface area contributed by atoms with Crippen molar-refractivity contribution in [3.63, 3.8) is 0 Å². The van der Waals surface area contributed by atoms with Gasteiger partial charge in [0.25, 0.3) is 0 Å². The Morgan fingerprint density at radius 1 is 1.17 bits per heavy atom. The third-order valence-corrected chi connectivity index (χ3v) is 8.66. The number of fused-ring (bicyclic) bond motifs is 4. The van der Waals surface area contributed by atoms with Crippen LogP contribution >= 0.6 is 0 Å². The minimum Gasteiger partial charge on any atom is -0.396 e. The highest BCUT2D eigenvalue weighted by Gasteiger charge is 2.78. The van der Waals surface area contributed by atoms with Crippen molar-refractivity contribution in [3.8, 4) is 0 Å². The molecule has 5 rings (SSSR count). The summed E-state index contributed by atoms with van der Waals surface area (Å²) in [6.45, 7) is 2.10. The summed E-state index contributed by atoms with van der Waals surface area (Å²) < 4.78 is 5.98. The topological polar surface area (TPSA) is 87.1 Å². The second kappa shape index (κ2) is 4.49. The van der Waals surface area contributed by atoms with Gasteiger partial charge < -0.3 is 14.9 Å². The van der Waals surface area contributed by atoms with E-state index in [1.54, 1.807) is 0 Å². The van der Waals surface area contributed by atoms with Gasteiger partial charge in [-0.1, -0.05) is 6.92 Å². The molecule has 5 fully saturated rings. The molecule has 132 valence electrons. The zero-order chi connectivity index (χ0) is 16.9. The maximum atomic E-state index is 12.5. The summed E-state index contributed by atoms with van der Waals surface area (Å²) in [6, 6.07) is 0. The van der Waals surface area contributed by atoms with Crippen molar-refractivity contribution < 1.29 is 24.5 Å². The number of hydrogen-bond donors (Lipinski definition) is 2. The summed E-state index contributed by atoms with van der Waals surface area (Å²) in [5.74, 6) is 1.06. The molecule has 1 aliphatic heterocycles. The number of ether oxygens (including phenoxy) is 1. The Balaban J connectivity index is 1.54. The SMILES string of the molecule is C[C@]12CC[C@H]3[C@@H](CC[C@]45O[C@H]4C(=O)CC[C@]35CO)[C@@H]1C[C@@H](O)C2=O. The highest BCUT2D eigenvalue weighted by molar-refractivity contribution is 5.91. The van der Waals surface area contributed by atoms with E-state index in [1.165, 1.54) is 0 Å². The maximum Gasteiger partial charge on any atom is 0.167 e. The average Bonchev–Trinajstić information content (AvgIpc) is 3.27. The molecule has 5 nitrogen and oxygen atoms in total. The monoisotopic (exact) mass is 334 g/mol. The van der Waals surface area contributed by atoms with Crippen LogP contribution in [-0.4, -0.2) is 46.2 Å². The predicted molar refractivity (Wildman–Crippen MR) is 84.0 cm³/mol. The quantitative estimate of drug-likeness (QED) is 0.705. The zero-order valence-electron chi connectivity index (χ0n) is 14.2. The molecule has 0 amide bonds. The van der Waals surface area contributed by atoms with Gasteiger partial charge in [0.05, 0.1) is 6.61 Å². The van der Waals surface area contributed by atoms with Crippen LogP contribution in [0.2, 0.25) is 0 Å². The van der Waals surface area contributed by atoms with Crippen LogP contribution in [-0.2, 0) is 14.3 Å². The van der Waals surface area contributed by atoms with E-state index in [0.717, 1.165) is 25.7 Å². The van der Waals surface area contributed by atoms with Crippen LogP contribution in [0.25, 0.3) is 0 Å². The standard InChI is InChI=1S/C19H26O5/c1-17-5-3-11-10(12(17)8-14(22)15(17)23)2-7-19-16(24-19)13(21)4-6-18(11,19)9-20/h10-12,14,16,20,22H,2-9H2,1H3/t10-,11+,12+,14-,16+,17+,18+,19+/m1/s1. The van der Waals surface area contributed by atoms with Crippen LogP contribution in [0.5, 0.6) is 0 Å². The first kappa shape index (κ1) is 15.5. The third kappa shape index (κ3) is 1.49. The van der Waals surface area contributed by atoms with Gasteiger partial charge in [-0.05, 0) is 56.3 Å². The molecule has 5 aliphatic rings. The van der Waals surface area contributed by atoms with Gasteiger partial charge in [0.2, 0.25) is 0 Å². The van der Waals surface area contributed by atoms with Gasteiger partial charge in [-0.3, -0.25) is 9.59 Å². The second-order valence-electron chi connectivity index (χ2n) is 9.16. The number of carbonyl (C=O) groups excluding carboxylic acids is 2. The van der Waals surface area contributed by atoms with E-state index in [0.29, 0.717) is 31.1 Å². The Morgan fingerprint density at radius 2 is 1.96 bits per heavy atom. The van der Waals surface area contributed by atoms with Crippen LogP contribution in [0.4, 0.5) is 0 Å². The number of epoxide rings is 1. The lowest BCUT2D eigenvalue weighted by Gasteiger charge is -2.58. The molecule has 0 bridgehead atoms. The van der Waals surface area contributed by atoms with E-state index in [9.17, 15) is 19.8 Å². The van der Waals surface area contributed by atoms with E-state index < -0.39 is 17.1 Å². The third-order valence-electron chi connectivity index (χ3n) is 8.66. The normalized spacial score (nSPS) is 58.5. The van der Waals surface area contributed by atoms with Crippen molar-refractivity contribution in [1.82, 2.24) is 0 Å². The summed E-state index contributed by atoms with van der Waals surface area (Å²) in [6.07, 6.45) is 4.07. The lowest BCUT2D eigenvalue weighted by Crippen LogP contribution is -2.61. The van der Waals surface area contributed by atoms with Crippen molar-refractivity contribution in [2.45, 2.75) is 69.7 Å². The minimum absolute atomic E-state index is 0.0173. The van der Waals surface area contributed by atoms with E-state index >= 15 is 0 Å². The molecule has 1 spiro atoms. The molecule has 1 saturated heterocycles. The number of aliphatic hydroxyl groups is 2. The molecule has 0 unspecified atom stereocenters. The second-order valence-corrected chi connectivity index (χ2v) is 9.16. The predicted octanol–water partition coefficient (Wildman–Crippen LogP) is 1.24. The Kier molecular flexibility index (Phi) is 2.89. The molecule has 0 radical (unpaired) electrons. The minimum atomic E-state index is -0.822. The van der Waals surface area contributed by atoms with Gasteiger partial charge in [-0.25, -0.2) is 0 Å². The molecular formula is C19H26O5. The number of ketones is 2. The van der Waals surface area contributed by atoms with Crippen molar-refractivity contribution >= 4 is 11.6 Å². The number of carbonyl (C=O) groups is 2. The lowest BCUT2D eigenvalue weighted by atomic mass is 9.44. The van der Waals surface area contributed by atoms with Gasteiger partial charge >= 0.3 is 0 Å². The lowest BCUT2D eigenvalue weighted by molar-refractivity contribution is -0.151. The fourth-order valence-electron chi connectivity index (χ4n) is 7.38. The first-order valence-corrected chi connectivity index (χ1v) is 9.43. The van der Waals surface area contributed by atoms with Crippen molar-refractivity contribution in [2.75, 3.05) is 6.61 Å². The fourth-order valence-corrected chi connectivity index (χ4v) is 7.38. The van der Waals surface area contributed by atoms with E-state index in [1.807, 2.05) is 6.92 Å². The highest BCUT2D eigenvalue weighted by atomic mass is 16.6. The Morgan fingerprint density at radius 3 is 2.71 bits per heavy atom. The molecule has 0 aromatic rings. The van der Waals surface area contributed by atoms with Gasteiger partial charge in [0.15, 0.2) is 11.6 Å². The van der Waals surface area contributed by atoms with E-state index in [2.05, 4.69) is 0 Å². The molecule has 1 heterocycles. The van der Waals surface area contributed by atoms with Crippen LogP contribution < -0.4 is 0 Å². The molecule has 8 atom stereocenters. The van der Waals surface area contributed by atoms with Crippen LogP contribution in [0.1, 0.15) is 51.9 Å². The molecule has 5 heteroatoms. The number of rotatable bonds is 1. The number of Topliss-reactive ketones (excluding diaryl/α,β-unsaturated/α-hetero) is 2. The summed E-state index contributed by atoms with van der Waals surface area (Å²) >= 11 is 0. The van der Waals surface area contributed by atoms with Gasteiger partial charge in [0, 0.05) is 17.3 Å². The van der Waals surface area contributed by atoms with Crippen molar-refractivity contribution in [3.05, 3.63) is 0 Å². The fraction of sp³-hybridized carbons (Fsp3) is 0.895. The first-order valence-electron chi connectivity index (χ1n) is 9.43. The molecule has 2 N–H and O–H groups in total. The zero-order valence-corrected chi connectivity index (χ0v) is 14.2. The van der Waals surface area contributed by atoms with Crippen molar-refractivity contribution in [2.24, 2.45) is 28.6 Å². The summed E-state index contributed by atoms with van der Waals surface area (Å²) in [5, 5.41) is 20.6. The Bertz CT molecular complexity index is 631. The van der Waals surface area contributed by atoms with Gasteiger partial charge in [-0.2, -0.15) is 0 Å². The average molecular weight is 334 g/mol. The molecule has 24 heavy (non-hydrogen) atoms. The Hall–Kier alpha value is -0.780. The summed E-state index contributed by atoms with van der Waals surface area (Å²) in [5.41, 5.74) is -1.17. The number of hydrogen-bond acceptors (Lipinski definition) is 5. The number of aliphatic hydroxyl groups excluding tert-OH is 2. The smallest absolute Gasteiger partial charge is 0.167 e. The van der Waals surface area contributed by atoms with E-state index in [-0.39, 0.29) is 35.6 Å². The molecule has 4 saturated carbocycles. The van der Waals surface area contributed by atoms with Gasteiger partial charge in [-0.15, -0.1) is 0 Å². The highest BCUT2D eigenvalue weighted by Crippen LogP contribution is 2.71. The van der Waals surface area contributed by atoms with Crippen LogP contribution in [0, 0.1) is 28.6 Å². The largest absolute Gasteiger partial charge is 0.396 e. The molecule has 0 aromatic heterocycles. The van der Waals surface area contributed by atoms with Crippen LogP contribution in [0.15, 0.2) is 0 Å². The van der Waals surface area contributed by atoms with Crippen LogP contribution in [0.3, 0.4) is 0 Å². The van der Waals surface area contributed by atoms with E-state index in [4.69, 9.17) is 4.74 Å². The van der Waals surface area contributed by atoms with Crippen molar-refractivity contribution in [1.29, 1.82) is 0 Å². The van der Waals surface area contributed by atoms with Gasteiger partial charge in [0.1, 0.15) is 17.8 Å². The molecular weight excluding hydrogens is 308 g/mol.